The second-order valence-corrected chi connectivity index (χ2v) is 6.73. The molecule has 1 aliphatic heterocycles. The van der Waals surface area contributed by atoms with Crippen molar-refractivity contribution in [2.75, 3.05) is 19.7 Å². The van der Waals surface area contributed by atoms with E-state index in [9.17, 15) is 18.0 Å². The Morgan fingerprint density at radius 3 is 2.75 bits per heavy atom. The fourth-order valence-corrected chi connectivity index (χ4v) is 3.69. The summed E-state index contributed by atoms with van der Waals surface area (Å²) >= 11 is 0. The molecule has 1 N–H and O–H groups in total. The second-order valence-electron chi connectivity index (χ2n) is 6.73. The highest BCUT2D eigenvalue weighted by Gasteiger charge is 2.30. The third-order valence-corrected chi connectivity index (χ3v) is 4.94. The van der Waals surface area contributed by atoms with Gasteiger partial charge in [0.25, 0.3) is 0 Å². The van der Waals surface area contributed by atoms with Crippen LogP contribution < -0.4 is 10.1 Å². The van der Waals surface area contributed by atoms with E-state index in [4.69, 9.17) is 4.74 Å². The van der Waals surface area contributed by atoms with Gasteiger partial charge < -0.3 is 14.6 Å². The highest BCUT2D eigenvalue weighted by atomic mass is 19.4. The number of carbonyl (C=O) groups excluding carboxylic acids is 1. The molecular formula is C21H19F3N2O2. The quantitative estimate of drug-likeness (QED) is 0.686. The average Bonchev–Trinajstić information content (AvgIpc) is 2.82. The molecule has 0 atom stereocenters. The number of alkyl halides is 3. The number of fused-ring (bicyclic) bond motifs is 3. The lowest BCUT2D eigenvalue weighted by molar-refractivity contribution is -0.137. The number of Topliss-reactive ketones (excluding diaryl/α,β-unsaturated/α-hetero) is 1. The van der Waals surface area contributed by atoms with Crippen LogP contribution in [0.4, 0.5) is 13.2 Å². The van der Waals surface area contributed by atoms with Crippen LogP contribution >= 0.6 is 0 Å². The molecule has 4 rings (SSSR count). The van der Waals surface area contributed by atoms with Crippen molar-refractivity contribution in [2.24, 2.45) is 0 Å². The van der Waals surface area contributed by atoms with Gasteiger partial charge in [-0.3, -0.25) is 4.79 Å². The van der Waals surface area contributed by atoms with Gasteiger partial charge in [0.1, 0.15) is 5.75 Å². The maximum atomic E-state index is 13.0. The zero-order valence-corrected chi connectivity index (χ0v) is 15.1. The van der Waals surface area contributed by atoms with Gasteiger partial charge in [-0.15, -0.1) is 0 Å². The van der Waals surface area contributed by atoms with Crippen LogP contribution in [0.1, 0.15) is 21.6 Å². The van der Waals surface area contributed by atoms with Crippen LogP contribution in [0, 0.1) is 0 Å². The van der Waals surface area contributed by atoms with Crippen LogP contribution in [-0.2, 0) is 19.1 Å². The maximum Gasteiger partial charge on any atom is 0.416 e. The number of halogens is 3. The summed E-state index contributed by atoms with van der Waals surface area (Å²) in [5, 5.41) is 4.18. The van der Waals surface area contributed by atoms with Gasteiger partial charge in [-0.25, -0.2) is 0 Å². The van der Waals surface area contributed by atoms with Crippen molar-refractivity contribution in [3.05, 3.63) is 65.4 Å². The van der Waals surface area contributed by atoms with E-state index in [2.05, 4.69) is 9.88 Å². The summed E-state index contributed by atoms with van der Waals surface area (Å²) in [5.41, 5.74) is 1.74. The Morgan fingerprint density at radius 1 is 1.11 bits per heavy atom. The Bertz CT molecular complexity index is 1020. The smallest absolute Gasteiger partial charge is 0.416 e. The first kappa shape index (κ1) is 18.6. The van der Waals surface area contributed by atoms with Crippen LogP contribution in [0.3, 0.4) is 0 Å². The van der Waals surface area contributed by atoms with E-state index in [0.29, 0.717) is 12.0 Å². The summed E-state index contributed by atoms with van der Waals surface area (Å²) in [7, 11) is 0. The van der Waals surface area contributed by atoms with Crippen molar-refractivity contribution in [3.63, 3.8) is 0 Å². The van der Waals surface area contributed by atoms with Crippen molar-refractivity contribution in [2.45, 2.75) is 19.1 Å². The third kappa shape index (κ3) is 3.49. The van der Waals surface area contributed by atoms with Gasteiger partial charge in [0.15, 0.2) is 6.61 Å². The third-order valence-electron chi connectivity index (χ3n) is 4.94. The fourth-order valence-electron chi connectivity index (χ4n) is 3.69. The second kappa shape index (κ2) is 7.31. The molecular weight excluding hydrogens is 369 g/mol. The first-order valence-corrected chi connectivity index (χ1v) is 9.09. The molecule has 28 heavy (non-hydrogen) atoms. The normalized spacial score (nSPS) is 14.5. The van der Waals surface area contributed by atoms with E-state index < -0.39 is 11.7 Å². The van der Waals surface area contributed by atoms with E-state index in [1.54, 1.807) is 0 Å². The molecule has 1 aromatic heterocycles. The summed E-state index contributed by atoms with van der Waals surface area (Å²) < 4.78 is 46.2. The maximum absolute atomic E-state index is 13.0. The number of ketones is 1. The minimum absolute atomic E-state index is 0.0273. The molecule has 0 saturated carbocycles. The number of aromatic nitrogens is 1. The molecule has 3 aromatic rings. The predicted octanol–water partition coefficient (Wildman–Crippen LogP) is 4.07. The lowest BCUT2D eigenvalue weighted by atomic mass is 10.1. The molecule has 0 saturated heterocycles. The lowest BCUT2D eigenvalue weighted by Gasteiger charge is -2.10. The molecule has 0 aliphatic carbocycles. The molecule has 2 aromatic carbocycles. The van der Waals surface area contributed by atoms with Crippen molar-refractivity contribution < 1.29 is 22.7 Å². The minimum atomic E-state index is -4.45. The van der Waals surface area contributed by atoms with Crippen molar-refractivity contribution >= 4 is 16.7 Å². The molecule has 7 heteroatoms. The number of hydrogen-bond donors (Lipinski definition) is 1. The number of carbonyl (C=O) groups is 1. The van der Waals surface area contributed by atoms with Crippen molar-refractivity contribution in [3.8, 4) is 5.75 Å². The lowest BCUT2D eigenvalue weighted by Crippen LogP contribution is -2.18. The summed E-state index contributed by atoms with van der Waals surface area (Å²) in [6.07, 6.45) is -3.74. The Kier molecular flexibility index (Phi) is 4.85. The Hall–Kier alpha value is -2.80. The van der Waals surface area contributed by atoms with Crippen LogP contribution in [0.5, 0.6) is 5.75 Å². The van der Waals surface area contributed by atoms with E-state index in [0.717, 1.165) is 48.4 Å². The number of rotatable bonds is 4. The van der Waals surface area contributed by atoms with E-state index in [-0.39, 0.29) is 18.1 Å². The molecule has 4 nitrogen and oxygen atoms in total. The highest BCUT2D eigenvalue weighted by Crippen LogP contribution is 2.32. The topological polar surface area (TPSA) is 43.3 Å². The van der Waals surface area contributed by atoms with Crippen LogP contribution in [0.15, 0.2) is 48.5 Å². The predicted molar refractivity (Wildman–Crippen MR) is 99.8 cm³/mol. The number of nitrogens with zero attached hydrogens (tertiary/aromatic N) is 1. The van der Waals surface area contributed by atoms with Gasteiger partial charge in [-0.2, -0.15) is 13.2 Å². The molecule has 0 bridgehead atoms. The van der Waals surface area contributed by atoms with Crippen LogP contribution in [-0.4, -0.2) is 30.0 Å². The number of hydrogen-bond acceptors (Lipinski definition) is 3. The summed E-state index contributed by atoms with van der Waals surface area (Å²) in [6.45, 7) is 2.04. The van der Waals surface area contributed by atoms with Gasteiger partial charge in [-0.05, 0) is 24.3 Å². The largest absolute Gasteiger partial charge is 0.485 e. The van der Waals surface area contributed by atoms with E-state index in [1.165, 1.54) is 12.1 Å². The molecule has 0 amide bonds. The summed E-state index contributed by atoms with van der Waals surface area (Å²) in [4.78, 5) is 13.0. The molecule has 0 radical (unpaired) electrons. The Morgan fingerprint density at radius 2 is 1.93 bits per heavy atom. The number of ether oxygens (including phenoxy) is 1. The molecule has 0 unspecified atom stereocenters. The van der Waals surface area contributed by atoms with Gasteiger partial charge >= 0.3 is 6.18 Å². The molecule has 2 heterocycles. The van der Waals surface area contributed by atoms with Crippen molar-refractivity contribution in [1.29, 1.82) is 0 Å². The average molecular weight is 388 g/mol. The summed E-state index contributed by atoms with van der Waals surface area (Å²) in [6, 6.07) is 12.3. The van der Waals surface area contributed by atoms with Gasteiger partial charge in [0.2, 0.25) is 5.78 Å². The van der Waals surface area contributed by atoms with E-state index >= 15 is 0 Å². The SMILES string of the molecule is O=C(COc1cccc(C(F)(F)F)c1)c1c2n(c3ccccc13)CCNCC2. The number of para-hydroxylation sites is 1. The Balaban J connectivity index is 1.63. The first-order valence-electron chi connectivity index (χ1n) is 9.09. The molecule has 0 spiro atoms. The van der Waals surface area contributed by atoms with E-state index in [1.807, 2.05) is 24.3 Å². The standard InChI is InChI=1S/C21H19F3N2O2/c22-21(23,24)14-4-3-5-15(12-14)28-13-19(27)20-16-6-1-2-7-17(16)26-11-10-25-9-8-18(20)26/h1-7,12,25H,8-11,13H2. The first-order chi connectivity index (χ1) is 13.4. The van der Waals surface area contributed by atoms with Crippen LogP contribution in [0.25, 0.3) is 10.9 Å². The molecule has 1 aliphatic rings. The Labute approximate surface area is 159 Å². The van der Waals surface area contributed by atoms with Crippen LogP contribution in [0.2, 0.25) is 0 Å². The number of nitrogens with one attached hydrogen (secondary N) is 1. The zero-order chi connectivity index (χ0) is 19.7. The van der Waals surface area contributed by atoms with Gasteiger partial charge in [0, 0.05) is 42.7 Å². The molecule has 0 fully saturated rings. The van der Waals surface area contributed by atoms with Gasteiger partial charge in [-0.1, -0.05) is 24.3 Å². The summed E-state index contributed by atoms with van der Waals surface area (Å²) in [5.74, 6) is -0.205. The van der Waals surface area contributed by atoms with Crippen molar-refractivity contribution in [1.82, 2.24) is 9.88 Å². The zero-order valence-electron chi connectivity index (χ0n) is 15.1. The molecule has 146 valence electrons. The minimum Gasteiger partial charge on any atom is -0.485 e. The highest BCUT2D eigenvalue weighted by molar-refractivity contribution is 6.10. The monoisotopic (exact) mass is 388 g/mol. The fraction of sp³-hybridized carbons (Fsp3) is 0.286. The van der Waals surface area contributed by atoms with Gasteiger partial charge in [0.05, 0.1) is 11.1 Å². The number of benzene rings is 2.